The quantitative estimate of drug-likeness (QED) is 0.758. The molecule has 1 atom stereocenters. The van der Waals surface area contributed by atoms with Gasteiger partial charge >= 0.3 is 0 Å². The van der Waals surface area contributed by atoms with Gasteiger partial charge < -0.3 is 20.1 Å². The third-order valence-corrected chi connectivity index (χ3v) is 4.38. The fourth-order valence-corrected chi connectivity index (χ4v) is 2.73. The highest BCUT2D eigenvalue weighted by molar-refractivity contribution is 5.76. The van der Waals surface area contributed by atoms with Crippen molar-refractivity contribution in [3.05, 3.63) is 29.8 Å². The van der Waals surface area contributed by atoms with Crippen LogP contribution in [0, 0.1) is 5.92 Å². The van der Waals surface area contributed by atoms with E-state index in [4.69, 9.17) is 9.47 Å². The van der Waals surface area contributed by atoms with Crippen LogP contribution in [0.1, 0.15) is 39.7 Å². The summed E-state index contributed by atoms with van der Waals surface area (Å²) in [5.74, 6) is 1.46. The van der Waals surface area contributed by atoms with Crippen LogP contribution in [0.2, 0.25) is 0 Å². The molecule has 5 nitrogen and oxygen atoms in total. The van der Waals surface area contributed by atoms with Gasteiger partial charge in [0.2, 0.25) is 5.91 Å². The van der Waals surface area contributed by atoms with Gasteiger partial charge in [-0.3, -0.25) is 4.79 Å². The van der Waals surface area contributed by atoms with Crippen LogP contribution in [-0.2, 0) is 14.9 Å². The van der Waals surface area contributed by atoms with E-state index in [2.05, 4.69) is 50.5 Å². The van der Waals surface area contributed by atoms with Gasteiger partial charge in [-0.05, 0) is 23.6 Å². The Balaban J connectivity index is 1.82. The zero-order valence-corrected chi connectivity index (χ0v) is 15.9. The second-order valence-electron chi connectivity index (χ2n) is 7.82. The van der Waals surface area contributed by atoms with Gasteiger partial charge in [0.25, 0.3) is 0 Å². The van der Waals surface area contributed by atoms with Crippen molar-refractivity contribution in [3.63, 3.8) is 0 Å². The van der Waals surface area contributed by atoms with E-state index in [1.165, 1.54) is 5.56 Å². The molecule has 2 N–H and O–H groups in total. The number of ether oxygens (including phenoxy) is 2. The second-order valence-corrected chi connectivity index (χ2v) is 7.82. The van der Waals surface area contributed by atoms with Crippen LogP contribution in [-0.4, -0.2) is 44.9 Å². The molecule has 0 bridgehead atoms. The lowest BCUT2D eigenvalue weighted by atomic mass is 9.84. The van der Waals surface area contributed by atoms with Crippen LogP contribution in [0.25, 0.3) is 0 Å². The Kier molecular flexibility index (Phi) is 7.26. The summed E-state index contributed by atoms with van der Waals surface area (Å²) in [5, 5.41) is 6.36. The molecular formula is C20H32N2O3. The molecule has 1 amide bonds. The largest absolute Gasteiger partial charge is 0.493 e. The number of amides is 1. The Bertz CT molecular complexity index is 534. The molecule has 1 aliphatic rings. The van der Waals surface area contributed by atoms with Crippen molar-refractivity contribution in [3.8, 4) is 5.75 Å². The molecular weight excluding hydrogens is 316 g/mol. The van der Waals surface area contributed by atoms with Gasteiger partial charge in [0.1, 0.15) is 5.75 Å². The van der Waals surface area contributed by atoms with E-state index in [9.17, 15) is 4.79 Å². The van der Waals surface area contributed by atoms with Crippen molar-refractivity contribution in [1.29, 1.82) is 0 Å². The molecule has 1 fully saturated rings. The topological polar surface area (TPSA) is 59.6 Å². The van der Waals surface area contributed by atoms with Crippen molar-refractivity contribution >= 4 is 5.91 Å². The smallest absolute Gasteiger partial charge is 0.221 e. The predicted octanol–water partition coefficient (Wildman–Crippen LogP) is 2.49. The summed E-state index contributed by atoms with van der Waals surface area (Å²) >= 11 is 0. The maximum atomic E-state index is 12.2. The summed E-state index contributed by atoms with van der Waals surface area (Å²) in [6.45, 7) is 12.0. The summed E-state index contributed by atoms with van der Waals surface area (Å²) in [6, 6.07) is 8.29. The Morgan fingerprint density at radius 3 is 2.68 bits per heavy atom. The highest BCUT2D eigenvalue weighted by Gasteiger charge is 2.23. The van der Waals surface area contributed by atoms with Crippen LogP contribution < -0.4 is 15.4 Å². The summed E-state index contributed by atoms with van der Waals surface area (Å²) < 4.78 is 11.1. The first-order valence-electron chi connectivity index (χ1n) is 9.18. The number of rotatable bonds is 8. The number of hydrogen-bond donors (Lipinski definition) is 2. The number of benzene rings is 1. The lowest BCUT2D eigenvalue weighted by Gasteiger charge is -2.27. The van der Waals surface area contributed by atoms with E-state index >= 15 is 0 Å². The molecule has 1 aromatic carbocycles. The fraction of sp³-hybridized carbons (Fsp3) is 0.650. The van der Waals surface area contributed by atoms with Crippen molar-refractivity contribution in [2.75, 3.05) is 32.9 Å². The van der Waals surface area contributed by atoms with E-state index in [1.807, 2.05) is 12.1 Å². The molecule has 0 spiro atoms. The third-order valence-electron chi connectivity index (χ3n) is 4.38. The maximum absolute atomic E-state index is 12.2. The van der Waals surface area contributed by atoms with Gasteiger partial charge in [-0.1, -0.05) is 39.8 Å². The molecule has 1 aliphatic heterocycles. The van der Waals surface area contributed by atoms with Crippen LogP contribution in [0.3, 0.4) is 0 Å². The normalized spacial score (nSPS) is 18.2. The van der Waals surface area contributed by atoms with Gasteiger partial charge in [-0.2, -0.15) is 0 Å². The average molecular weight is 348 g/mol. The summed E-state index contributed by atoms with van der Waals surface area (Å²) in [6.07, 6.45) is 0.456. The first-order valence-corrected chi connectivity index (χ1v) is 9.18. The fourth-order valence-electron chi connectivity index (χ4n) is 2.73. The van der Waals surface area contributed by atoms with E-state index in [0.717, 1.165) is 25.5 Å². The van der Waals surface area contributed by atoms with Crippen LogP contribution >= 0.6 is 0 Å². The first kappa shape index (κ1) is 19.7. The van der Waals surface area contributed by atoms with Crippen LogP contribution in [0.15, 0.2) is 24.3 Å². The van der Waals surface area contributed by atoms with E-state index in [0.29, 0.717) is 25.5 Å². The van der Waals surface area contributed by atoms with Gasteiger partial charge in [-0.15, -0.1) is 0 Å². The molecule has 1 unspecified atom stereocenters. The Morgan fingerprint density at radius 1 is 1.36 bits per heavy atom. The van der Waals surface area contributed by atoms with Gasteiger partial charge in [-0.25, -0.2) is 0 Å². The van der Waals surface area contributed by atoms with Crippen molar-refractivity contribution < 1.29 is 14.3 Å². The predicted molar refractivity (Wildman–Crippen MR) is 100 cm³/mol. The number of carbonyl (C=O) groups is 1. The van der Waals surface area contributed by atoms with Crippen molar-refractivity contribution in [2.45, 2.75) is 45.6 Å². The number of hydrogen-bond acceptors (Lipinski definition) is 4. The Labute approximate surface area is 151 Å². The molecule has 140 valence electrons. The molecule has 5 heteroatoms. The highest BCUT2D eigenvalue weighted by Crippen LogP contribution is 2.25. The minimum absolute atomic E-state index is 0.0629. The molecule has 1 saturated heterocycles. The Hall–Kier alpha value is -1.59. The Morgan fingerprint density at radius 2 is 2.08 bits per heavy atom. The molecule has 0 aliphatic carbocycles. The SMILES string of the molecule is CC(C)COc1ccc(C(C)(C)CNC(=O)CC2COCCN2)cc1. The standard InChI is InChI=1S/C20H32N2O3/c1-15(2)12-25-18-7-5-16(6-8-18)20(3,4)14-22-19(23)11-17-13-24-10-9-21-17/h5-8,15,17,21H,9-14H2,1-4H3,(H,22,23). The van der Waals surface area contributed by atoms with Crippen LogP contribution in [0.4, 0.5) is 0 Å². The molecule has 0 radical (unpaired) electrons. The molecule has 2 rings (SSSR count). The average Bonchev–Trinajstić information content (AvgIpc) is 2.59. The van der Waals surface area contributed by atoms with Gasteiger partial charge in [0.05, 0.1) is 19.8 Å². The molecule has 1 heterocycles. The monoisotopic (exact) mass is 348 g/mol. The number of carbonyl (C=O) groups excluding carboxylic acids is 1. The van der Waals surface area contributed by atoms with E-state index < -0.39 is 0 Å². The van der Waals surface area contributed by atoms with Gasteiger partial charge in [0, 0.05) is 31.0 Å². The summed E-state index contributed by atoms with van der Waals surface area (Å²) in [4.78, 5) is 12.2. The molecule has 25 heavy (non-hydrogen) atoms. The van der Waals surface area contributed by atoms with Crippen molar-refractivity contribution in [1.82, 2.24) is 10.6 Å². The first-order chi connectivity index (χ1) is 11.9. The lowest BCUT2D eigenvalue weighted by molar-refractivity contribution is -0.122. The summed E-state index contributed by atoms with van der Waals surface area (Å²) in [7, 11) is 0. The zero-order chi connectivity index (χ0) is 18.3. The maximum Gasteiger partial charge on any atom is 0.221 e. The number of nitrogens with one attached hydrogen (secondary N) is 2. The number of morpholine rings is 1. The second kappa shape index (κ2) is 9.20. The van der Waals surface area contributed by atoms with E-state index in [-0.39, 0.29) is 17.4 Å². The van der Waals surface area contributed by atoms with E-state index in [1.54, 1.807) is 0 Å². The highest BCUT2D eigenvalue weighted by atomic mass is 16.5. The van der Waals surface area contributed by atoms with Crippen LogP contribution in [0.5, 0.6) is 5.75 Å². The zero-order valence-electron chi connectivity index (χ0n) is 15.9. The lowest BCUT2D eigenvalue weighted by Crippen LogP contribution is -2.45. The minimum atomic E-state index is -0.136. The molecule has 0 aromatic heterocycles. The third kappa shape index (κ3) is 6.67. The minimum Gasteiger partial charge on any atom is -0.493 e. The summed E-state index contributed by atoms with van der Waals surface area (Å²) in [5.41, 5.74) is 1.05. The molecule has 0 saturated carbocycles. The van der Waals surface area contributed by atoms with Crippen molar-refractivity contribution in [2.24, 2.45) is 5.92 Å². The van der Waals surface area contributed by atoms with Gasteiger partial charge in [0.15, 0.2) is 0 Å². The molecule has 1 aromatic rings.